The predicted molar refractivity (Wildman–Crippen MR) is 105 cm³/mol. The first-order chi connectivity index (χ1) is 13.3. The fourth-order valence-electron chi connectivity index (χ4n) is 3.03. The zero-order valence-corrected chi connectivity index (χ0v) is 17.9. The number of aromatic nitrogens is 3. The van der Waals surface area contributed by atoms with E-state index in [1.165, 1.54) is 23.1 Å². The Hall–Kier alpha value is -1.52. The van der Waals surface area contributed by atoms with Crippen molar-refractivity contribution < 1.29 is 21.6 Å². The van der Waals surface area contributed by atoms with Crippen molar-refractivity contribution in [1.29, 1.82) is 0 Å². The van der Waals surface area contributed by atoms with E-state index in [0.29, 0.717) is 17.5 Å². The summed E-state index contributed by atoms with van der Waals surface area (Å²) in [6.45, 7) is 0. The Morgan fingerprint density at radius 2 is 1.66 bits per heavy atom. The Kier molecular flexibility index (Phi) is 6.08. The molecule has 4 rings (SSSR count). The average molecular weight is 471 g/mol. The van der Waals surface area contributed by atoms with Crippen LogP contribution < -0.4 is 4.90 Å². The van der Waals surface area contributed by atoms with Crippen LogP contribution in [0.5, 0.6) is 0 Å². The fraction of sp³-hybridized carbons (Fsp3) is 0.529. The highest BCUT2D eigenvalue weighted by atomic mass is 36.0. The van der Waals surface area contributed by atoms with Crippen LogP contribution in [-0.2, 0) is 14.4 Å². The maximum atomic E-state index is 13.1. The van der Waals surface area contributed by atoms with Gasteiger partial charge in [0.05, 0.1) is 5.69 Å². The topological polar surface area (TPSA) is 68.1 Å². The quantitative estimate of drug-likeness (QED) is 0.599. The SMILES string of the molecule is CN(C)c1nc(C(F)(F)F)nn1-c1ccc(C2CC2)cc1C1CC1.O=S(=O)(Cl)Cl. The summed E-state index contributed by atoms with van der Waals surface area (Å²) < 4.78 is 58.8. The molecule has 0 unspecified atom stereocenters. The van der Waals surface area contributed by atoms with E-state index < -0.39 is 20.3 Å². The molecule has 0 amide bonds. The molecule has 0 spiro atoms. The van der Waals surface area contributed by atoms with Crippen molar-refractivity contribution in [2.45, 2.75) is 43.7 Å². The van der Waals surface area contributed by atoms with Gasteiger partial charge in [-0.05, 0) is 54.7 Å². The number of benzene rings is 1. The summed E-state index contributed by atoms with van der Waals surface area (Å²) in [4.78, 5) is 5.26. The third-order valence-corrected chi connectivity index (χ3v) is 4.59. The summed E-state index contributed by atoms with van der Waals surface area (Å²) in [5.74, 6) is 0.140. The molecule has 0 N–H and O–H groups in total. The molecular weight excluding hydrogens is 452 g/mol. The second kappa shape index (κ2) is 7.96. The van der Waals surface area contributed by atoms with Crippen LogP contribution in [0, 0.1) is 0 Å². The van der Waals surface area contributed by atoms with Crippen molar-refractivity contribution in [3.05, 3.63) is 35.2 Å². The summed E-state index contributed by atoms with van der Waals surface area (Å²) in [6.07, 6.45) is 0.0179. The maximum absolute atomic E-state index is 13.1. The fourth-order valence-corrected chi connectivity index (χ4v) is 3.03. The van der Waals surface area contributed by atoms with Crippen LogP contribution >= 0.6 is 21.4 Å². The molecule has 0 atom stereocenters. The lowest BCUT2D eigenvalue weighted by atomic mass is 10.0. The summed E-state index contributed by atoms with van der Waals surface area (Å²) >= 11 is 0. The number of rotatable bonds is 4. The summed E-state index contributed by atoms with van der Waals surface area (Å²) in [6, 6.07) is 6.09. The van der Waals surface area contributed by atoms with Crippen molar-refractivity contribution >= 4 is 35.6 Å². The number of halogens is 5. The first-order valence-corrected chi connectivity index (χ1v) is 12.0. The molecule has 6 nitrogen and oxygen atoms in total. The molecule has 160 valence electrons. The third-order valence-electron chi connectivity index (χ3n) is 4.59. The lowest BCUT2D eigenvalue weighted by Crippen LogP contribution is -2.16. The van der Waals surface area contributed by atoms with Gasteiger partial charge in [-0.2, -0.15) is 31.3 Å². The monoisotopic (exact) mass is 470 g/mol. The van der Waals surface area contributed by atoms with Gasteiger partial charge >= 0.3 is 14.4 Å². The van der Waals surface area contributed by atoms with Gasteiger partial charge in [-0.25, -0.2) is 0 Å². The van der Waals surface area contributed by atoms with Crippen molar-refractivity contribution in [2.75, 3.05) is 19.0 Å². The van der Waals surface area contributed by atoms with Gasteiger partial charge < -0.3 is 4.90 Å². The number of hydrogen-bond donors (Lipinski definition) is 0. The number of alkyl halides is 3. The lowest BCUT2D eigenvalue weighted by Gasteiger charge is -2.16. The number of hydrogen-bond acceptors (Lipinski definition) is 5. The van der Waals surface area contributed by atoms with Crippen LogP contribution in [0.3, 0.4) is 0 Å². The molecule has 0 bridgehead atoms. The minimum absolute atomic E-state index is 0.198. The van der Waals surface area contributed by atoms with Crippen molar-refractivity contribution in [1.82, 2.24) is 14.8 Å². The van der Waals surface area contributed by atoms with Gasteiger partial charge in [0.25, 0.3) is 5.82 Å². The molecule has 1 aromatic heterocycles. The summed E-state index contributed by atoms with van der Waals surface area (Å²) in [7, 11) is 8.17. The van der Waals surface area contributed by atoms with Crippen LogP contribution in [0.2, 0.25) is 0 Å². The second-order valence-corrected chi connectivity index (χ2v) is 11.0. The van der Waals surface area contributed by atoms with E-state index in [0.717, 1.165) is 18.4 Å². The first-order valence-electron chi connectivity index (χ1n) is 8.84. The highest BCUT2D eigenvalue weighted by Gasteiger charge is 2.38. The molecule has 0 radical (unpaired) electrons. The summed E-state index contributed by atoms with van der Waals surface area (Å²) in [5, 5.41) is 3.77. The zero-order chi connectivity index (χ0) is 21.6. The number of anilines is 1. The molecule has 29 heavy (non-hydrogen) atoms. The molecule has 2 fully saturated rings. The van der Waals surface area contributed by atoms with E-state index in [1.807, 2.05) is 12.1 Å². The minimum atomic E-state index is -4.55. The molecule has 0 saturated heterocycles. The maximum Gasteiger partial charge on any atom is 0.453 e. The van der Waals surface area contributed by atoms with E-state index in [-0.39, 0.29) is 5.95 Å². The van der Waals surface area contributed by atoms with Crippen LogP contribution in [-0.4, -0.2) is 37.3 Å². The van der Waals surface area contributed by atoms with Crippen LogP contribution in [0.1, 0.15) is 54.5 Å². The normalized spacial score (nSPS) is 16.9. The Balaban J connectivity index is 0.000000431. The van der Waals surface area contributed by atoms with Crippen molar-refractivity contribution in [3.63, 3.8) is 0 Å². The smallest absolute Gasteiger partial charge is 0.347 e. The second-order valence-electron chi connectivity index (χ2n) is 7.28. The Morgan fingerprint density at radius 3 is 2.10 bits per heavy atom. The van der Waals surface area contributed by atoms with Crippen LogP contribution in [0.4, 0.5) is 19.1 Å². The lowest BCUT2D eigenvalue weighted by molar-refractivity contribution is -0.144. The van der Waals surface area contributed by atoms with Gasteiger partial charge in [-0.15, -0.1) is 5.10 Å². The molecule has 0 aliphatic heterocycles. The van der Waals surface area contributed by atoms with Gasteiger partial charge in [0.1, 0.15) is 0 Å². The molecule has 2 saturated carbocycles. The van der Waals surface area contributed by atoms with Gasteiger partial charge in [0.15, 0.2) is 0 Å². The van der Waals surface area contributed by atoms with Gasteiger partial charge in [0, 0.05) is 35.5 Å². The molecule has 2 aliphatic carbocycles. The molecular formula is C17H19Cl2F3N4O2S. The number of nitrogens with zero attached hydrogens (tertiary/aromatic N) is 4. The van der Waals surface area contributed by atoms with E-state index >= 15 is 0 Å². The highest BCUT2D eigenvalue weighted by molar-refractivity contribution is 8.31. The van der Waals surface area contributed by atoms with Gasteiger partial charge in [-0.3, -0.25) is 0 Å². The van der Waals surface area contributed by atoms with Crippen LogP contribution in [0.15, 0.2) is 18.2 Å². The third kappa shape index (κ3) is 5.99. The van der Waals surface area contributed by atoms with Crippen molar-refractivity contribution in [3.8, 4) is 5.69 Å². The highest BCUT2D eigenvalue weighted by Crippen LogP contribution is 2.47. The van der Waals surface area contributed by atoms with E-state index in [1.54, 1.807) is 19.0 Å². The molecule has 1 aromatic carbocycles. The van der Waals surface area contributed by atoms with Crippen molar-refractivity contribution in [2.24, 2.45) is 0 Å². The van der Waals surface area contributed by atoms with Crippen LogP contribution in [0.25, 0.3) is 5.69 Å². The molecule has 12 heteroatoms. The summed E-state index contributed by atoms with van der Waals surface area (Å²) in [5.41, 5.74) is 3.11. The molecule has 2 aliphatic rings. The van der Waals surface area contributed by atoms with E-state index in [4.69, 9.17) is 8.42 Å². The predicted octanol–water partition coefficient (Wildman–Crippen LogP) is 4.82. The minimum Gasteiger partial charge on any atom is -0.347 e. The van der Waals surface area contributed by atoms with Gasteiger partial charge in [-0.1, -0.05) is 12.1 Å². The molecule has 2 aromatic rings. The standard InChI is InChI=1S/C17H19F3N4.Cl2O2S/c1-23(2)16-21-15(17(18,19)20)22-24(16)14-8-7-12(10-3-4-10)9-13(14)11-5-6-11;1-5(2,3)4/h7-11H,3-6H2,1-2H3;. The van der Waals surface area contributed by atoms with Gasteiger partial charge in [0.2, 0.25) is 5.95 Å². The zero-order valence-electron chi connectivity index (χ0n) is 15.6. The average Bonchev–Trinajstić information content (AvgIpc) is 3.48. The Morgan fingerprint density at radius 1 is 1.10 bits per heavy atom. The molecule has 1 heterocycles. The van der Waals surface area contributed by atoms with E-state index in [2.05, 4.69) is 37.5 Å². The van der Waals surface area contributed by atoms with E-state index in [9.17, 15) is 13.2 Å². The Bertz CT molecular complexity index is 993. The first kappa shape index (κ1) is 22.2. The largest absolute Gasteiger partial charge is 0.453 e. The Labute approximate surface area is 175 Å².